The van der Waals surface area contributed by atoms with Gasteiger partial charge in [0.15, 0.2) is 5.75 Å². The van der Waals surface area contributed by atoms with Crippen LogP contribution in [0.4, 0.5) is 25.5 Å². The summed E-state index contributed by atoms with van der Waals surface area (Å²) in [4.78, 5) is 29.8. The van der Waals surface area contributed by atoms with Gasteiger partial charge in [0.05, 0.1) is 24.5 Å². The van der Waals surface area contributed by atoms with Crippen LogP contribution < -0.4 is 19.9 Å². The van der Waals surface area contributed by atoms with E-state index in [9.17, 15) is 18.7 Å². The van der Waals surface area contributed by atoms with Gasteiger partial charge in [0.1, 0.15) is 22.8 Å². The van der Waals surface area contributed by atoms with Gasteiger partial charge in [-0.1, -0.05) is 5.16 Å². The molecule has 0 saturated carbocycles. The Morgan fingerprint density at radius 3 is 2.40 bits per heavy atom. The first-order valence-corrected chi connectivity index (χ1v) is 15.2. The molecule has 2 fully saturated rings. The minimum absolute atomic E-state index is 0.106. The molecule has 0 spiro atoms. The molecule has 3 aromatic rings. The molecule has 14 heteroatoms. The SMILES string of the molecule is C[C@H](Oc1cnc(N2C[C@H](NC(=O)OC(C)(C)C)[C@@H](c3cc(F)ccc3F)C2)nc1)C1CCN(c2nc(C(C)(C)O)no2)CC1. The Labute approximate surface area is 261 Å². The van der Waals surface area contributed by atoms with Crippen LogP contribution in [0, 0.1) is 17.6 Å². The van der Waals surface area contributed by atoms with Crippen LogP contribution in [0.2, 0.25) is 0 Å². The fourth-order valence-electron chi connectivity index (χ4n) is 5.68. The lowest BCUT2D eigenvalue weighted by Crippen LogP contribution is -2.43. The topological polar surface area (TPSA) is 139 Å². The smallest absolute Gasteiger partial charge is 0.407 e. The van der Waals surface area contributed by atoms with E-state index >= 15 is 0 Å². The molecule has 45 heavy (non-hydrogen) atoms. The highest BCUT2D eigenvalue weighted by molar-refractivity contribution is 5.68. The lowest BCUT2D eigenvalue weighted by molar-refractivity contribution is 0.0504. The van der Waals surface area contributed by atoms with Crippen molar-refractivity contribution in [3.05, 3.63) is 53.6 Å². The molecule has 0 unspecified atom stereocenters. The monoisotopic (exact) mass is 629 g/mol. The Morgan fingerprint density at radius 1 is 1.09 bits per heavy atom. The number of ether oxygens (including phenoxy) is 2. The summed E-state index contributed by atoms with van der Waals surface area (Å²) < 4.78 is 45.9. The molecule has 2 N–H and O–H groups in total. The molecule has 1 aromatic carbocycles. The number of nitrogens with zero attached hydrogens (tertiary/aromatic N) is 6. The summed E-state index contributed by atoms with van der Waals surface area (Å²) in [6, 6.07) is 3.14. The van der Waals surface area contributed by atoms with Crippen LogP contribution in [0.5, 0.6) is 5.75 Å². The second-order valence-electron chi connectivity index (χ2n) is 13.3. The van der Waals surface area contributed by atoms with Crippen LogP contribution in [-0.4, -0.2) is 75.2 Å². The fourth-order valence-corrected chi connectivity index (χ4v) is 5.68. The summed E-state index contributed by atoms with van der Waals surface area (Å²) in [6.45, 7) is 12.4. The molecule has 1 amide bonds. The normalized spacial score (nSPS) is 20.3. The Morgan fingerprint density at radius 2 is 1.78 bits per heavy atom. The highest BCUT2D eigenvalue weighted by atomic mass is 19.1. The minimum Gasteiger partial charge on any atom is -0.487 e. The van der Waals surface area contributed by atoms with Crippen molar-refractivity contribution in [2.24, 2.45) is 5.92 Å². The number of piperidine rings is 1. The van der Waals surface area contributed by atoms with Crippen molar-refractivity contribution in [2.45, 2.75) is 83.6 Å². The summed E-state index contributed by atoms with van der Waals surface area (Å²) >= 11 is 0. The summed E-state index contributed by atoms with van der Waals surface area (Å²) in [5.74, 6) is -0.266. The van der Waals surface area contributed by atoms with Gasteiger partial charge >= 0.3 is 12.1 Å². The zero-order valence-electron chi connectivity index (χ0n) is 26.5. The molecule has 2 saturated heterocycles. The van der Waals surface area contributed by atoms with Crippen LogP contribution in [0.15, 0.2) is 35.1 Å². The van der Waals surface area contributed by atoms with Gasteiger partial charge in [0.25, 0.3) is 0 Å². The molecule has 0 aliphatic carbocycles. The number of benzene rings is 1. The zero-order valence-corrected chi connectivity index (χ0v) is 26.5. The summed E-state index contributed by atoms with van der Waals surface area (Å²) in [5, 5.41) is 16.8. The third kappa shape index (κ3) is 7.96. The number of aromatic nitrogens is 4. The molecular formula is C31H41F2N7O5. The molecule has 244 valence electrons. The molecule has 0 radical (unpaired) electrons. The number of halogens is 2. The van der Waals surface area contributed by atoms with Crippen molar-refractivity contribution < 1.29 is 32.7 Å². The number of alkyl carbamates (subject to hydrolysis) is 1. The second kappa shape index (κ2) is 12.7. The Hall–Kier alpha value is -4.07. The number of carbonyl (C=O) groups excluding carboxylic acids is 1. The second-order valence-corrected chi connectivity index (χ2v) is 13.3. The van der Waals surface area contributed by atoms with Crippen LogP contribution >= 0.6 is 0 Å². The molecule has 4 heterocycles. The third-order valence-corrected chi connectivity index (χ3v) is 8.04. The zero-order chi connectivity index (χ0) is 32.5. The standard InChI is InChI=1S/C31H41F2N7O5/c1-18(19-9-11-39(12-10-19)28-37-26(38-45-28)31(5,6)42)43-21-14-34-27(35-15-21)40-16-23(22-13-20(32)7-8-24(22)33)25(17-40)36-29(41)44-30(2,3)4/h7-8,13-15,18-19,23,25,42H,9-12,16-17H2,1-6H3,(H,36,41)/t18-,23+,25-/m0/s1. The predicted molar refractivity (Wildman–Crippen MR) is 161 cm³/mol. The van der Waals surface area contributed by atoms with E-state index in [4.69, 9.17) is 14.0 Å². The van der Waals surface area contributed by atoms with Gasteiger partial charge in [-0.15, -0.1) is 0 Å². The van der Waals surface area contributed by atoms with Crippen molar-refractivity contribution in [3.8, 4) is 5.75 Å². The maximum absolute atomic E-state index is 14.8. The van der Waals surface area contributed by atoms with E-state index < -0.39 is 40.9 Å². The average molecular weight is 630 g/mol. The van der Waals surface area contributed by atoms with Gasteiger partial charge in [0.2, 0.25) is 11.8 Å². The minimum atomic E-state index is -1.17. The lowest BCUT2D eigenvalue weighted by atomic mass is 9.92. The van der Waals surface area contributed by atoms with Crippen LogP contribution in [-0.2, 0) is 10.3 Å². The molecule has 2 aliphatic rings. The van der Waals surface area contributed by atoms with Gasteiger partial charge in [-0.25, -0.2) is 23.5 Å². The number of anilines is 2. The van der Waals surface area contributed by atoms with Gasteiger partial charge in [-0.2, -0.15) is 4.98 Å². The highest BCUT2D eigenvalue weighted by Crippen LogP contribution is 2.33. The van der Waals surface area contributed by atoms with E-state index in [1.165, 1.54) is 0 Å². The molecule has 3 atom stereocenters. The summed E-state index contributed by atoms with van der Waals surface area (Å²) in [6.07, 6.45) is 4.13. The number of aliphatic hydroxyl groups is 1. The number of nitrogens with one attached hydrogen (secondary N) is 1. The Balaban J connectivity index is 1.20. The number of hydrogen-bond donors (Lipinski definition) is 2. The van der Waals surface area contributed by atoms with Crippen molar-refractivity contribution >= 4 is 18.1 Å². The van der Waals surface area contributed by atoms with Gasteiger partial charge in [-0.05, 0) is 84.1 Å². The molecule has 0 bridgehead atoms. The van der Waals surface area contributed by atoms with Crippen molar-refractivity contribution in [1.82, 2.24) is 25.4 Å². The Kier molecular flexibility index (Phi) is 9.15. The lowest BCUT2D eigenvalue weighted by Gasteiger charge is -2.33. The van der Waals surface area contributed by atoms with E-state index in [-0.39, 0.29) is 36.5 Å². The summed E-state index contributed by atoms with van der Waals surface area (Å²) in [5.41, 5.74) is -1.73. The predicted octanol–water partition coefficient (Wildman–Crippen LogP) is 4.55. The van der Waals surface area contributed by atoms with E-state index in [1.807, 2.05) is 16.7 Å². The van der Waals surface area contributed by atoms with E-state index in [0.29, 0.717) is 30.8 Å². The quantitative estimate of drug-likeness (QED) is 0.363. The van der Waals surface area contributed by atoms with Crippen LogP contribution in [0.3, 0.4) is 0 Å². The van der Waals surface area contributed by atoms with E-state index in [0.717, 1.165) is 31.0 Å². The number of hydrogen-bond acceptors (Lipinski definition) is 11. The van der Waals surface area contributed by atoms with Gasteiger partial charge in [-0.3, -0.25) is 0 Å². The molecule has 2 aromatic heterocycles. The molecule has 5 rings (SSSR count). The van der Waals surface area contributed by atoms with Gasteiger partial charge < -0.3 is 34.2 Å². The maximum Gasteiger partial charge on any atom is 0.407 e. The van der Waals surface area contributed by atoms with Crippen molar-refractivity contribution in [1.29, 1.82) is 0 Å². The van der Waals surface area contributed by atoms with Crippen molar-refractivity contribution in [2.75, 3.05) is 36.0 Å². The first-order chi connectivity index (χ1) is 21.2. The highest BCUT2D eigenvalue weighted by Gasteiger charge is 2.38. The molecule has 12 nitrogen and oxygen atoms in total. The van der Waals surface area contributed by atoms with Crippen molar-refractivity contribution in [3.63, 3.8) is 0 Å². The molecule has 2 aliphatic heterocycles. The average Bonchev–Trinajstić information content (AvgIpc) is 3.62. The largest absolute Gasteiger partial charge is 0.487 e. The van der Waals surface area contributed by atoms with Gasteiger partial charge in [0, 0.05) is 32.1 Å². The summed E-state index contributed by atoms with van der Waals surface area (Å²) in [7, 11) is 0. The number of amides is 1. The van der Waals surface area contributed by atoms with Crippen LogP contribution in [0.25, 0.3) is 0 Å². The van der Waals surface area contributed by atoms with E-state index in [2.05, 4.69) is 25.4 Å². The maximum atomic E-state index is 14.8. The number of rotatable bonds is 8. The third-order valence-electron chi connectivity index (χ3n) is 8.04. The number of carbonyl (C=O) groups is 1. The Bertz CT molecular complexity index is 1470. The molecular weight excluding hydrogens is 588 g/mol. The van der Waals surface area contributed by atoms with E-state index in [1.54, 1.807) is 47.0 Å². The van der Waals surface area contributed by atoms with Crippen LogP contribution in [0.1, 0.15) is 71.7 Å². The first-order valence-electron chi connectivity index (χ1n) is 15.2. The fraction of sp³-hybridized carbons (Fsp3) is 0.581. The first kappa shape index (κ1) is 32.3.